The number of benzene rings is 3. The highest BCUT2D eigenvalue weighted by molar-refractivity contribution is 7.89. The van der Waals surface area contributed by atoms with Gasteiger partial charge >= 0.3 is 5.97 Å². The fraction of sp³-hybridized carbons (Fsp3) is 0.355. The number of hydrogen-bond acceptors (Lipinski definition) is 6. The van der Waals surface area contributed by atoms with Crippen LogP contribution in [0.25, 0.3) is 0 Å². The van der Waals surface area contributed by atoms with Crippen LogP contribution in [0.4, 0.5) is 27.6 Å². The number of halogens is 5. The molecule has 0 heterocycles. The summed E-state index contributed by atoms with van der Waals surface area (Å²) in [5.41, 5.74) is 0.971. The number of aliphatic hydroxyl groups is 1. The minimum atomic E-state index is -5.61. The van der Waals surface area contributed by atoms with Gasteiger partial charge in [0.25, 0.3) is 0 Å². The molecular formula is C31H31F5N2O7S. The molecule has 3 N–H and O–H groups in total. The van der Waals surface area contributed by atoms with Crippen molar-refractivity contribution in [3.8, 4) is 5.75 Å². The first-order valence-corrected chi connectivity index (χ1v) is 15.7. The molecule has 1 saturated carbocycles. The molecule has 0 aliphatic heterocycles. The van der Waals surface area contributed by atoms with Crippen molar-refractivity contribution in [2.24, 2.45) is 0 Å². The number of aromatic hydroxyl groups is 1. The number of carboxylic acids is 1. The smallest absolute Gasteiger partial charge is 0.339 e. The van der Waals surface area contributed by atoms with Crippen LogP contribution in [-0.4, -0.2) is 59.6 Å². The van der Waals surface area contributed by atoms with Crippen molar-refractivity contribution in [1.29, 1.82) is 0 Å². The minimum absolute atomic E-state index is 0.0917. The largest absolute Gasteiger partial charge is 0.507 e. The van der Waals surface area contributed by atoms with Crippen LogP contribution in [0.3, 0.4) is 0 Å². The van der Waals surface area contributed by atoms with Gasteiger partial charge in [-0.1, -0.05) is 43.5 Å². The average molecular weight is 671 g/mol. The maximum Gasteiger partial charge on any atom is 0.339 e. The number of rotatable bonds is 11. The number of carboxylic acid groups (broad SMARTS) is 1. The predicted octanol–water partition coefficient (Wildman–Crippen LogP) is 5.44. The molecule has 0 bridgehead atoms. The van der Waals surface area contributed by atoms with Gasteiger partial charge in [-0.05, 0) is 48.4 Å². The molecule has 1 aliphatic carbocycles. The van der Waals surface area contributed by atoms with Crippen molar-refractivity contribution < 1.29 is 55.3 Å². The number of aromatic carboxylic acids is 1. The summed E-state index contributed by atoms with van der Waals surface area (Å²) in [6.45, 7) is -1.13. The fourth-order valence-electron chi connectivity index (χ4n) is 5.56. The molecule has 1 atom stereocenters. The van der Waals surface area contributed by atoms with Crippen molar-refractivity contribution >= 4 is 27.6 Å². The van der Waals surface area contributed by atoms with Gasteiger partial charge in [-0.3, -0.25) is 4.79 Å². The molecule has 1 amide bonds. The van der Waals surface area contributed by atoms with E-state index in [4.69, 9.17) is 0 Å². The zero-order valence-corrected chi connectivity index (χ0v) is 25.3. The number of amides is 1. The second-order valence-electron chi connectivity index (χ2n) is 11.0. The van der Waals surface area contributed by atoms with Crippen LogP contribution in [0, 0.1) is 29.1 Å². The molecule has 15 heteroatoms. The monoisotopic (exact) mass is 670 g/mol. The van der Waals surface area contributed by atoms with E-state index in [0.29, 0.717) is 18.5 Å². The van der Waals surface area contributed by atoms with E-state index in [1.807, 2.05) is 12.1 Å². The molecule has 3 aromatic carbocycles. The quantitative estimate of drug-likeness (QED) is 0.141. The topological polar surface area (TPSA) is 135 Å². The summed E-state index contributed by atoms with van der Waals surface area (Å²) in [5.74, 6) is -15.9. The number of hydrogen-bond donors (Lipinski definition) is 3. The lowest BCUT2D eigenvalue weighted by Crippen LogP contribution is -2.50. The van der Waals surface area contributed by atoms with E-state index in [-0.39, 0.29) is 16.5 Å². The second kappa shape index (κ2) is 14.1. The number of nitrogens with zero attached hydrogens (tertiary/aromatic N) is 2. The first-order chi connectivity index (χ1) is 21.7. The summed E-state index contributed by atoms with van der Waals surface area (Å²) >= 11 is 0. The maximum atomic E-state index is 14.6. The van der Waals surface area contributed by atoms with E-state index in [9.17, 15) is 55.3 Å². The van der Waals surface area contributed by atoms with Gasteiger partial charge in [-0.15, -0.1) is 0 Å². The number of likely N-dealkylation sites (N-methyl/N-ethyl adjacent to an activating group) is 1. The number of carbonyl (C=O) groups is 2. The second-order valence-corrected chi connectivity index (χ2v) is 12.9. The van der Waals surface area contributed by atoms with Crippen LogP contribution >= 0.6 is 0 Å². The zero-order valence-electron chi connectivity index (χ0n) is 24.5. The lowest BCUT2D eigenvalue weighted by molar-refractivity contribution is -0.122. The number of aliphatic hydroxyl groups excluding tert-OH is 1. The SMILES string of the molecule is CN([C@@H](CCO)C(=O)N(Cc1ccc(C2CCCCC2)cc1)c1ccc(C(=O)O)c(O)c1)S(=O)(=O)c1c(F)c(F)c(F)c(F)c1F. The predicted molar refractivity (Wildman–Crippen MR) is 155 cm³/mol. The standard InChI is InChI=1S/C31H31F5N2O7S/c1-37(46(44,45)29-27(35)25(33)24(32)26(34)28(29)36)22(13-14-39)30(41)38(20-11-12-21(31(42)43)23(40)15-20)16-17-7-9-19(10-8-17)18-5-3-2-4-6-18/h7-12,15,18,22,39-40H,2-6,13-14,16H2,1H3,(H,42,43)/t22-/m0/s1. The molecule has 0 spiro atoms. The first kappa shape index (κ1) is 34.8. The van der Waals surface area contributed by atoms with Gasteiger partial charge in [0.1, 0.15) is 17.4 Å². The summed E-state index contributed by atoms with van der Waals surface area (Å²) < 4.78 is 97.5. The van der Waals surface area contributed by atoms with Gasteiger partial charge < -0.3 is 20.2 Å². The molecule has 0 radical (unpaired) electrons. The van der Waals surface area contributed by atoms with Gasteiger partial charge in [0, 0.05) is 25.4 Å². The third-order valence-corrected chi connectivity index (χ3v) is 10.0. The highest BCUT2D eigenvalue weighted by Gasteiger charge is 2.41. The van der Waals surface area contributed by atoms with Crippen LogP contribution in [0.5, 0.6) is 5.75 Å². The Hall–Kier alpha value is -4.08. The Morgan fingerprint density at radius 2 is 1.46 bits per heavy atom. The number of carbonyl (C=O) groups excluding carboxylic acids is 1. The Morgan fingerprint density at radius 1 is 0.891 bits per heavy atom. The van der Waals surface area contributed by atoms with Gasteiger partial charge in [0.2, 0.25) is 21.7 Å². The molecule has 4 rings (SSSR count). The van der Waals surface area contributed by atoms with Crippen LogP contribution in [0.15, 0.2) is 47.4 Å². The molecule has 46 heavy (non-hydrogen) atoms. The van der Waals surface area contributed by atoms with Gasteiger partial charge in [-0.2, -0.15) is 4.31 Å². The molecule has 0 unspecified atom stereocenters. The summed E-state index contributed by atoms with van der Waals surface area (Å²) in [4.78, 5) is 24.3. The first-order valence-electron chi connectivity index (χ1n) is 14.3. The summed E-state index contributed by atoms with van der Waals surface area (Å²) in [6.07, 6.45) is 4.71. The Balaban J connectivity index is 1.77. The molecule has 0 saturated heterocycles. The van der Waals surface area contributed by atoms with Crippen molar-refractivity contribution in [3.05, 3.63) is 88.2 Å². The highest BCUT2D eigenvalue weighted by Crippen LogP contribution is 2.34. The van der Waals surface area contributed by atoms with Crippen LogP contribution in [0.2, 0.25) is 0 Å². The molecule has 0 aromatic heterocycles. The number of sulfonamides is 1. The Kier molecular flexibility index (Phi) is 10.7. The van der Waals surface area contributed by atoms with E-state index in [0.717, 1.165) is 60.8 Å². The summed E-state index contributed by atoms with van der Waals surface area (Å²) in [5, 5.41) is 29.4. The van der Waals surface area contributed by atoms with E-state index >= 15 is 0 Å². The van der Waals surface area contributed by atoms with Crippen LogP contribution < -0.4 is 4.90 Å². The van der Waals surface area contributed by atoms with Crippen molar-refractivity contribution in [1.82, 2.24) is 4.31 Å². The van der Waals surface area contributed by atoms with Crippen molar-refractivity contribution in [2.45, 2.75) is 61.9 Å². The molecule has 248 valence electrons. The third-order valence-electron chi connectivity index (χ3n) is 8.12. The molecule has 1 aliphatic rings. The van der Waals surface area contributed by atoms with Crippen molar-refractivity contribution in [2.75, 3.05) is 18.6 Å². The zero-order chi connectivity index (χ0) is 33.9. The Bertz CT molecular complexity index is 1700. The van der Waals surface area contributed by atoms with Crippen LogP contribution in [0.1, 0.15) is 65.9 Å². The fourth-order valence-corrected chi connectivity index (χ4v) is 7.02. The van der Waals surface area contributed by atoms with E-state index in [2.05, 4.69) is 0 Å². The van der Waals surface area contributed by atoms with E-state index in [1.54, 1.807) is 12.1 Å². The van der Waals surface area contributed by atoms with Gasteiger partial charge in [0.05, 0.1) is 6.54 Å². The van der Waals surface area contributed by atoms with E-state index < -0.39 is 86.3 Å². The van der Waals surface area contributed by atoms with Crippen LogP contribution in [-0.2, 0) is 21.4 Å². The highest BCUT2D eigenvalue weighted by atomic mass is 32.2. The molecule has 3 aromatic rings. The lowest BCUT2D eigenvalue weighted by atomic mass is 9.84. The van der Waals surface area contributed by atoms with Gasteiger partial charge in [0.15, 0.2) is 28.2 Å². The average Bonchev–Trinajstić information content (AvgIpc) is 3.04. The van der Waals surface area contributed by atoms with E-state index in [1.165, 1.54) is 0 Å². The Labute approximate surface area is 261 Å². The number of anilines is 1. The summed E-state index contributed by atoms with van der Waals surface area (Å²) in [7, 11) is -4.94. The minimum Gasteiger partial charge on any atom is -0.507 e. The Morgan fingerprint density at radius 3 is 1.98 bits per heavy atom. The normalized spacial score (nSPS) is 14.8. The van der Waals surface area contributed by atoms with Gasteiger partial charge in [-0.25, -0.2) is 35.2 Å². The van der Waals surface area contributed by atoms with Crippen molar-refractivity contribution in [3.63, 3.8) is 0 Å². The molecule has 1 fully saturated rings. The number of phenols is 1. The third kappa shape index (κ3) is 6.86. The maximum absolute atomic E-state index is 14.6. The lowest BCUT2D eigenvalue weighted by Gasteiger charge is -2.32. The molecular weight excluding hydrogens is 639 g/mol. The summed E-state index contributed by atoms with van der Waals surface area (Å²) in [6, 6.07) is 8.34. The molecule has 9 nitrogen and oxygen atoms in total.